The first-order valence-corrected chi connectivity index (χ1v) is 34.1. The summed E-state index contributed by atoms with van der Waals surface area (Å²) in [4.78, 5) is 37.5. The molecule has 6 aromatic carbocycles. The second kappa shape index (κ2) is 57.0. The number of hydrogen-bond acceptors (Lipinski definition) is 10. The van der Waals surface area contributed by atoms with Crippen molar-refractivity contribution in [1.82, 2.24) is 44.7 Å². The van der Waals surface area contributed by atoms with Crippen molar-refractivity contribution < 1.29 is 103 Å². The third kappa shape index (κ3) is 38.1. The SMILES string of the molecule is CC(C)(C)c1ccc[c-]c1Cc1ccccn1.Cl.N#Cc1c[c-]c(Cc2ccccn2)cc1.[CH-]=O.[Cl][Ir+2].[Ir].[Ir].[Ir].[Ir].[c-]1ccccc1-n1cccn1.[c-]1ccccc1Cc1ccccn1.[c-]1ccccc1Cc1ccccn1.[c-]1ccccc1Cc1ccccn1.c1ccc(-c2ccccn2)nc1. The molecule has 103 heavy (non-hydrogen) atoms. The van der Waals surface area contributed by atoms with Crippen molar-refractivity contribution in [1.29, 1.82) is 5.26 Å². The fraction of sp³-hybridized carbons (Fsp3) is 0.106. The average Bonchev–Trinajstić information content (AvgIpc) is 1.42. The molecule has 14 rings (SSSR count). The van der Waals surface area contributed by atoms with Gasteiger partial charge >= 0.3 is 27.5 Å². The van der Waals surface area contributed by atoms with Gasteiger partial charge in [0.2, 0.25) is 0 Å². The maximum Gasteiger partial charge on any atom is 0.0886 e. The fourth-order valence-electron chi connectivity index (χ4n) is 9.02. The van der Waals surface area contributed by atoms with Crippen LogP contribution in [0.5, 0.6) is 0 Å². The van der Waals surface area contributed by atoms with E-state index in [0.29, 0.717) is 5.56 Å². The molecule has 18 heteroatoms. The molecule has 8 heterocycles. The number of pyridine rings is 7. The Bertz CT molecular complexity index is 3980. The van der Waals surface area contributed by atoms with E-state index in [2.05, 4.69) is 156 Å². The minimum Gasteiger partial charge on any atom is -0.266 e. The van der Waals surface area contributed by atoms with Crippen molar-refractivity contribution in [3.05, 3.63) is 427 Å². The number of hydrogen-bond donors (Lipinski definition) is 0. The van der Waals surface area contributed by atoms with Gasteiger partial charge < -0.3 is 4.79 Å². The van der Waals surface area contributed by atoms with E-state index >= 15 is 0 Å². The molecule has 11 nitrogen and oxygen atoms in total. The molecule has 0 aliphatic rings. The van der Waals surface area contributed by atoms with Gasteiger partial charge in [-0.1, -0.05) is 74.2 Å². The Kier molecular flexibility index (Phi) is 51.3. The first-order valence-electron chi connectivity index (χ1n) is 31.2. The van der Waals surface area contributed by atoms with Gasteiger partial charge in [0.15, 0.2) is 0 Å². The summed E-state index contributed by atoms with van der Waals surface area (Å²) in [5, 5.41) is 12.7. The van der Waals surface area contributed by atoms with E-state index in [4.69, 9.17) is 10.1 Å². The van der Waals surface area contributed by atoms with Crippen molar-refractivity contribution in [2.24, 2.45) is 0 Å². The Balaban J connectivity index is 0.000000593. The number of carbonyl (C=O) groups excluding carboxylic acids is 1. The summed E-state index contributed by atoms with van der Waals surface area (Å²) in [7, 11) is 4.64. The Morgan fingerprint density at radius 1 is 0.388 bits per heavy atom. The van der Waals surface area contributed by atoms with Crippen LogP contribution in [0.2, 0.25) is 0 Å². The summed E-state index contributed by atoms with van der Waals surface area (Å²) in [6, 6.07) is 108. The topological polar surface area (TPSA) is 149 Å². The van der Waals surface area contributed by atoms with Crippen molar-refractivity contribution in [2.45, 2.75) is 58.3 Å². The largest absolute Gasteiger partial charge is 0.266 e. The van der Waals surface area contributed by atoms with Crippen molar-refractivity contribution in [3.8, 4) is 23.1 Å². The molecule has 8 aromatic heterocycles. The predicted molar refractivity (Wildman–Crippen MR) is 395 cm³/mol. The van der Waals surface area contributed by atoms with Crippen molar-refractivity contribution in [3.63, 3.8) is 0 Å². The average molecular weight is 2280 g/mol. The monoisotopic (exact) mass is 2290 g/mol. The Morgan fingerprint density at radius 3 is 1.03 bits per heavy atom. The van der Waals surface area contributed by atoms with Gasteiger partial charge in [-0.05, 0) is 129 Å². The quantitative estimate of drug-likeness (QED) is 0.0855. The standard InChI is InChI=1S/C16H18N.C13H9N2.3C12H10N.C10H8N2.C9H7N2.CHO.2ClH.5Ir/c1-16(2,3)15-10-5-4-8-13(15)12-14-9-6-7-11-17-14;14-10-12-6-4-11(5-7-12)9-13-3-1-2-8-15-13;3*1-2-6-11(7-3-1)10-12-8-4-5-9-13-12;1-3-7-11-9(5-1)10-6-2-4-8-12-10;1-2-5-9(6-3-1)11-8-4-7-10-11;1-2;;;;;;;/h4-7,9-11H,12H2,1-3H3;1-4,6-8H,9H2;3*1-6,8-9H,10H2;1-8H;1-5,7-8H;1H;2*1H;;;;;/q5*-1;;2*-1;;;;;;;+3/p-1. The summed E-state index contributed by atoms with van der Waals surface area (Å²) < 4.78 is 1.78. The number of halogens is 2. The molecule has 0 saturated carbocycles. The third-order valence-electron chi connectivity index (χ3n) is 13.6. The number of rotatable bonds is 12. The normalized spacial score (nSPS) is 9.28. The van der Waals surface area contributed by atoms with Crippen LogP contribution < -0.4 is 0 Å². The smallest absolute Gasteiger partial charge is 0.0886 e. The summed E-state index contributed by atoms with van der Waals surface area (Å²) in [5.41, 5.74) is 16.2. The zero-order valence-corrected chi connectivity index (χ0v) is 70.1. The molecular formula is C85H74Cl2Ir5N10O-5. The number of para-hydroxylation sites is 1. The first kappa shape index (κ1) is 92.6. The fourth-order valence-corrected chi connectivity index (χ4v) is 9.02. The summed E-state index contributed by atoms with van der Waals surface area (Å²) >= 11 is 1.47. The van der Waals surface area contributed by atoms with Crippen LogP contribution in [0.1, 0.15) is 88.2 Å². The summed E-state index contributed by atoms with van der Waals surface area (Å²) in [6.45, 7) is 9.95. The van der Waals surface area contributed by atoms with Crippen LogP contribution in [0.25, 0.3) is 17.1 Å². The maximum atomic E-state index is 8.64. The molecule has 0 fully saturated rings. The molecule has 0 spiro atoms. The van der Waals surface area contributed by atoms with E-state index in [-0.39, 0.29) is 98.2 Å². The molecular weight excluding hydrogens is 2210 g/mol. The van der Waals surface area contributed by atoms with E-state index < -0.39 is 0 Å². The molecule has 534 valence electrons. The van der Waals surface area contributed by atoms with E-state index in [0.717, 1.165) is 83.2 Å². The molecule has 0 N–H and O–H groups in total. The molecule has 0 aliphatic carbocycles. The molecule has 0 bridgehead atoms. The van der Waals surface area contributed by atoms with Gasteiger partial charge in [-0.25, -0.2) is 5.26 Å². The van der Waals surface area contributed by atoms with Crippen LogP contribution in [-0.2, 0) is 141 Å². The van der Waals surface area contributed by atoms with Crippen molar-refractivity contribution in [2.75, 3.05) is 0 Å². The van der Waals surface area contributed by atoms with Gasteiger partial charge in [-0.3, -0.25) is 46.4 Å². The van der Waals surface area contributed by atoms with Gasteiger partial charge in [0, 0.05) is 171 Å². The number of nitrogens with zero attached hydrogens (tertiary/aromatic N) is 10. The van der Waals surface area contributed by atoms with Gasteiger partial charge in [-0.15, -0.1) is 24.0 Å². The van der Waals surface area contributed by atoms with Gasteiger partial charge in [0.1, 0.15) is 0 Å². The van der Waals surface area contributed by atoms with Gasteiger partial charge in [0.25, 0.3) is 0 Å². The van der Waals surface area contributed by atoms with Crippen LogP contribution in [0.4, 0.5) is 0 Å². The van der Waals surface area contributed by atoms with Crippen LogP contribution in [0.3, 0.4) is 0 Å². The number of aromatic nitrogens is 9. The molecule has 0 amide bonds. The van der Waals surface area contributed by atoms with E-state index in [9.17, 15) is 0 Å². The van der Waals surface area contributed by atoms with Crippen LogP contribution in [-0.4, -0.2) is 51.5 Å². The maximum absolute atomic E-state index is 8.64. The molecule has 0 saturated heterocycles. The van der Waals surface area contributed by atoms with E-state index in [1.54, 1.807) is 41.6 Å². The first-order chi connectivity index (χ1) is 48.2. The van der Waals surface area contributed by atoms with Gasteiger partial charge in [-0.2, -0.15) is 197 Å². The minimum absolute atomic E-state index is 0. The predicted octanol–water partition coefficient (Wildman–Crippen LogP) is 18.2. The molecule has 0 unspecified atom stereocenters. The molecule has 0 atom stereocenters. The Labute approximate surface area is 683 Å². The summed E-state index contributed by atoms with van der Waals surface area (Å²) in [5.74, 6) is 0. The molecule has 14 aromatic rings. The van der Waals surface area contributed by atoms with Crippen molar-refractivity contribution >= 4 is 28.8 Å². The van der Waals surface area contributed by atoms with E-state index in [1.807, 2.05) is 249 Å². The van der Waals surface area contributed by atoms with E-state index in [1.165, 1.54) is 45.7 Å². The second-order valence-corrected chi connectivity index (χ2v) is 21.8. The second-order valence-electron chi connectivity index (χ2n) is 21.8. The summed E-state index contributed by atoms with van der Waals surface area (Å²) in [6.07, 6.45) is 20.5. The Morgan fingerprint density at radius 2 is 0.738 bits per heavy atom. The molecule has 0 aliphatic heterocycles. The minimum atomic E-state index is 0. The van der Waals surface area contributed by atoms with Gasteiger partial charge in [0.05, 0.1) is 11.4 Å². The zero-order valence-electron chi connectivity index (χ0n) is 56.5. The number of benzene rings is 6. The Hall–Kier alpha value is -8.43. The van der Waals surface area contributed by atoms with Crippen LogP contribution in [0, 0.1) is 47.7 Å². The zero-order chi connectivity index (χ0) is 69.4. The number of nitriles is 1. The van der Waals surface area contributed by atoms with Crippen LogP contribution >= 0.6 is 22.0 Å². The third-order valence-corrected chi connectivity index (χ3v) is 13.6. The molecule has 4 radical (unpaired) electrons. The van der Waals surface area contributed by atoms with Crippen LogP contribution in [0.15, 0.2) is 323 Å².